The molecule has 2 heterocycles. The molecule has 0 atom stereocenters. The van der Waals surface area contributed by atoms with Crippen LogP contribution in [-0.4, -0.2) is 26.9 Å². The Labute approximate surface area is 139 Å². The maximum atomic E-state index is 12.1. The first kappa shape index (κ1) is 16.0. The van der Waals surface area contributed by atoms with Gasteiger partial charge in [-0.3, -0.25) is 14.8 Å². The van der Waals surface area contributed by atoms with Gasteiger partial charge in [0.25, 0.3) is 0 Å². The fourth-order valence-corrected chi connectivity index (χ4v) is 2.81. The highest BCUT2D eigenvalue weighted by Crippen LogP contribution is 2.18. The van der Waals surface area contributed by atoms with E-state index in [2.05, 4.69) is 15.7 Å². The Balaban J connectivity index is 1.59. The maximum Gasteiger partial charge on any atom is 0.324 e. The lowest BCUT2D eigenvalue weighted by molar-refractivity contribution is -0.136. The smallest absolute Gasteiger partial charge is 0.324 e. The number of hydrogen-bond acceptors (Lipinski definition) is 3. The minimum Gasteiger partial charge on any atom is -0.481 e. The molecule has 0 saturated carbocycles. The number of urea groups is 1. The Hall–Kier alpha value is -2.83. The highest BCUT2D eigenvalue weighted by atomic mass is 16.4. The van der Waals surface area contributed by atoms with E-state index < -0.39 is 5.97 Å². The van der Waals surface area contributed by atoms with Crippen LogP contribution in [0.25, 0.3) is 0 Å². The summed E-state index contributed by atoms with van der Waals surface area (Å²) < 4.78 is 1.94. The number of aryl methyl sites for hydroxylation is 3. The van der Waals surface area contributed by atoms with Crippen LogP contribution in [0.1, 0.15) is 30.5 Å². The second-order valence-electron chi connectivity index (χ2n) is 5.87. The van der Waals surface area contributed by atoms with E-state index in [0.717, 1.165) is 37.1 Å². The number of fused-ring (bicyclic) bond motifs is 1. The molecule has 1 aliphatic rings. The van der Waals surface area contributed by atoms with E-state index in [1.807, 2.05) is 16.8 Å². The summed E-state index contributed by atoms with van der Waals surface area (Å²) in [7, 11) is 0. The predicted octanol–water partition coefficient (Wildman–Crippen LogP) is 2.88. The Morgan fingerprint density at radius 2 is 2.08 bits per heavy atom. The number of anilines is 2. The minimum absolute atomic E-state index is 0.0653. The van der Waals surface area contributed by atoms with Gasteiger partial charge in [-0.05, 0) is 43.4 Å². The largest absolute Gasteiger partial charge is 0.481 e. The summed E-state index contributed by atoms with van der Waals surface area (Å²) in [5.74, 6) is -0.290. The number of carbonyl (C=O) groups excluding carboxylic acids is 1. The first-order valence-corrected chi connectivity index (χ1v) is 8.05. The van der Waals surface area contributed by atoms with Gasteiger partial charge >= 0.3 is 12.0 Å². The van der Waals surface area contributed by atoms with Crippen LogP contribution in [0, 0.1) is 0 Å². The van der Waals surface area contributed by atoms with Crippen LogP contribution < -0.4 is 10.6 Å². The van der Waals surface area contributed by atoms with Crippen molar-refractivity contribution in [3.63, 3.8) is 0 Å². The molecule has 0 bridgehead atoms. The summed E-state index contributed by atoms with van der Waals surface area (Å²) in [5, 5.41) is 18.6. The minimum atomic E-state index is -0.838. The third-order valence-corrected chi connectivity index (χ3v) is 3.97. The van der Waals surface area contributed by atoms with E-state index in [-0.39, 0.29) is 12.5 Å². The Morgan fingerprint density at radius 1 is 1.21 bits per heavy atom. The van der Waals surface area contributed by atoms with E-state index in [4.69, 9.17) is 5.11 Å². The van der Waals surface area contributed by atoms with E-state index >= 15 is 0 Å². The van der Waals surface area contributed by atoms with Crippen molar-refractivity contribution in [1.82, 2.24) is 9.78 Å². The average molecular weight is 328 g/mol. The predicted molar refractivity (Wildman–Crippen MR) is 90.2 cm³/mol. The van der Waals surface area contributed by atoms with Gasteiger partial charge < -0.3 is 10.4 Å². The van der Waals surface area contributed by atoms with Crippen LogP contribution in [0.5, 0.6) is 0 Å². The van der Waals surface area contributed by atoms with Gasteiger partial charge in [-0.25, -0.2) is 4.79 Å². The number of aromatic nitrogens is 2. The monoisotopic (exact) mass is 328 g/mol. The molecule has 0 radical (unpaired) electrons. The number of carboxylic acid groups (broad SMARTS) is 1. The van der Waals surface area contributed by atoms with Gasteiger partial charge in [0.05, 0.1) is 0 Å². The molecule has 1 aliphatic heterocycles. The van der Waals surface area contributed by atoms with Gasteiger partial charge in [0.1, 0.15) is 0 Å². The molecule has 1 aromatic heterocycles. The zero-order chi connectivity index (χ0) is 16.9. The number of nitrogens with one attached hydrogen (secondary N) is 2. The third kappa shape index (κ3) is 4.13. The van der Waals surface area contributed by atoms with Gasteiger partial charge in [-0.2, -0.15) is 5.10 Å². The zero-order valence-corrected chi connectivity index (χ0v) is 13.3. The molecule has 0 unspecified atom stereocenters. The number of nitrogens with zero attached hydrogens (tertiary/aromatic N) is 2. The van der Waals surface area contributed by atoms with Crippen molar-refractivity contribution in [2.24, 2.45) is 0 Å². The van der Waals surface area contributed by atoms with Crippen LogP contribution in [0.2, 0.25) is 0 Å². The summed E-state index contributed by atoms with van der Waals surface area (Å²) in [6.07, 6.45) is 3.75. The molecule has 2 aromatic rings. The summed E-state index contributed by atoms with van der Waals surface area (Å²) >= 11 is 0. The van der Waals surface area contributed by atoms with Crippen LogP contribution in [0.15, 0.2) is 30.3 Å². The van der Waals surface area contributed by atoms with Gasteiger partial charge in [0, 0.05) is 30.4 Å². The second-order valence-corrected chi connectivity index (χ2v) is 5.87. The molecule has 2 amide bonds. The number of amides is 2. The molecule has 7 nitrogen and oxygen atoms in total. The van der Waals surface area contributed by atoms with E-state index in [0.29, 0.717) is 17.9 Å². The number of benzene rings is 1. The molecule has 3 rings (SSSR count). The van der Waals surface area contributed by atoms with Crippen LogP contribution in [0.3, 0.4) is 0 Å². The number of hydrogen-bond donors (Lipinski definition) is 3. The molecule has 3 N–H and O–H groups in total. The topological polar surface area (TPSA) is 96.3 Å². The first-order valence-electron chi connectivity index (χ1n) is 8.05. The molecular formula is C17H20N4O3. The van der Waals surface area contributed by atoms with Crippen LogP contribution in [-0.2, 0) is 24.2 Å². The molecule has 0 spiro atoms. The van der Waals surface area contributed by atoms with Crippen LogP contribution in [0.4, 0.5) is 16.3 Å². The Bertz CT molecular complexity index is 731. The molecule has 0 saturated heterocycles. The lowest BCUT2D eigenvalue weighted by Crippen LogP contribution is -2.20. The van der Waals surface area contributed by atoms with Crippen molar-refractivity contribution >= 4 is 23.5 Å². The molecule has 0 aliphatic carbocycles. The highest BCUT2D eigenvalue weighted by molar-refractivity contribution is 5.99. The average Bonchev–Trinajstić information content (AvgIpc) is 2.95. The number of carboxylic acids is 1. The van der Waals surface area contributed by atoms with Crippen molar-refractivity contribution < 1.29 is 14.7 Å². The number of rotatable bonds is 5. The number of aliphatic carboxylic acids is 1. The summed E-state index contributed by atoms with van der Waals surface area (Å²) in [5.41, 5.74) is 2.64. The van der Waals surface area contributed by atoms with E-state index in [1.54, 1.807) is 18.2 Å². The quantitative estimate of drug-likeness (QED) is 0.786. The second kappa shape index (κ2) is 7.16. The zero-order valence-electron chi connectivity index (χ0n) is 13.3. The summed E-state index contributed by atoms with van der Waals surface area (Å²) in [6.45, 7) is 0.893. The maximum absolute atomic E-state index is 12.1. The molecule has 0 fully saturated rings. The molecule has 7 heteroatoms. The highest BCUT2D eigenvalue weighted by Gasteiger charge is 2.13. The van der Waals surface area contributed by atoms with Gasteiger partial charge in [-0.1, -0.05) is 12.1 Å². The fraction of sp³-hybridized carbons (Fsp3) is 0.353. The molecular weight excluding hydrogens is 308 g/mol. The fourth-order valence-electron chi connectivity index (χ4n) is 2.81. The lowest BCUT2D eigenvalue weighted by Gasteiger charge is -2.11. The summed E-state index contributed by atoms with van der Waals surface area (Å²) in [4.78, 5) is 22.7. The Kier molecular flexibility index (Phi) is 4.79. The van der Waals surface area contributed by atoms with E-state index in [1.165, 1.54) is 0 Å². The van der Waals surface area contributed by atoms with Gasteiger partial charge in [-0.15, -0.1) is 0 Å². The van der Waals surface area contributed by atoms with Crippen molar-refractivity contribution in [1.29, 1.82) is 0 Å². The lowest BCUT2D eigenvalue weighted by atomic mass is 10.1. The SMILES string of the molecule is O=C(O)CCc1cccc(NC(=O)Nc2cc3n(n2)CCCC3)c1. The van der Waals surface area contributed by atoms with Crippen molar-refractivity contribution in [2.45, 2.75) is 38.6 Å². The molecule has 24 heavy (non-hydrogen) atoms. The van der Waals surface area contributed by atoms with Crippen molar-refractivity contribution in [2.75, 3.05) is 10.6 Å². The van der Waals surface area contributed by atoms with Gasteiger partial charge in [0.2, 0.25) is 0 Å². The summed E-state index contributed by atoms with van der Waals surface area (Å²) in [6, 6.07) is 8.73. The standard InChI is InChI=1S/C17H20N4O3/c22-16(23)8-7-12-4-3-5-13(10-12)18-17(24)19-15-11-14-6-1-2-9-21(14)20-15/h3-5,10-11H,1-2,6-9H2,(H,22,23)(H2,18,19,20,24). The molecule has 126 valence electrons. The first-order chi connectivity index (χ1) is 11.6. The van der Waals surface area contributed by atoms with Crippen LogP contribution >= 0.6 is 0 Å². The van der Waals surface area contributed by atoms with Gasteiger partial charge in [0.15, 0.2) is 5.82 Å². The van der Waals surface area contributed by atoms with Crippen molar-refractivity contribution in [3.05, 3.63) is 41.6 Å². The van der Waals surface area contributed by atoms with Crippen molar-refractivity contribution in [3.8, 4) is 0 Å². The normalized spacial score (nSPS) is 13.2. The Morgan fingerprint density at radius 3 is 2.88 bits per heavy atom. The number of carbonyl (C=O) groups is 2. The molecule has 1 aromatic carbocycles. The van der Waals surface area contributed by atoms with E-state index in [9.17, 15) is 9.59 Å². The third-order valence-electron chi connectivity index (χ3n) is 3.97.